The largest absolute Gasteiger partial charge is 1.00 e. The molecule has 0 bridgehead atoms. The first kappa shape index (κ1) is 52.7. The number of rotatable bonds is 4. The van der Waals surface area contributed by atoms with Crippen molar-refractivity contribution in [3.63, 3.8) is 0 Å². The van der Waals surface area contributed by atoms with Crippen LogP contribution < -0.4 is 24.6 Å². The Morgan fingerprint density at radius 3 is 2.03 bits per heavy atom. The summed E-state index contributed by atoms with van der Waals surface area (Å²) < 4.78 is 31.4. The van der Waals surface area contributed by atoms with E-state index in [0.717, 1.165) is 94.4 Å². The number of ether oxygens (including phenoxy) is 2. The van der Waals surface area contributed by atoms with Gasteiger partial charge in [-0.2, -0.15) is 10.8 Å². The van der Waals surface area contributed by atoms with E-state index in [1.54, 1.807) is 25.6 Å². The first-order valence-electron chi connectivity index (χ1n) is 21.8. The van der Waals surface area contributed by atoms with Gasteiger partial charge in [-0.05, 0) is 138 Å². The van der Waals surface area contributed by atoms with Crippen LogP contribution in [-0.4, -0.2) is 56.9 Å². The van der Waals surface area contributed by atoms with Crippen molar-refractivity contribution < 1.29 is 32.5 Å². The van der Waals surface area contributed by atoms with Crippen molar-refractivity contribution in [2.75, 3.05) is 14.2 Å². The Labute approximate surface area is 426 Å². The fourth-order valence-corrected chi connectivity index (χ4v) is 11.7. The molecule has 2 N–H and O–H groups in total. The molecule has 3 spiro atoms. The predicted molar refractivity (Wildman–Crippen MR) is 273 cm³/mol. The molecular weight excluding hydrogens is 1060 g/mol. The molecular formula is C50H60Br2ILiN6O3S. The molecule has 1 aliphatic heterocycles. The van der Waals surface area contributed by atoms with E-state index in [0.29, 0.717) is 23.7 Å². The van der Waals surface area contributed by atoms with Gasteiger partial charge in [-0.15, -0.1) is 0 Å². The number of benzene rings is 2. The number of methoxy groups -OCH3 is 2. The Morgan fingerprint density at radius 1 is 0.891 bits per heavy atom. The minimum Gasteiger partial charge on any atom is -0.383 e. The van der Waals surface area contributed by atoms with Gasteiger partial charge in [-0.25, -0.2) is 9.05 Å². The molecule has 2 unspecified atom stereocenters. The maximum atomic E-state index is 12.7. The zero-order chi connectivity index (χ0) is 45.6. The summed E-state index contributed by atoms with van der Waals surface area (Å²) in [7, 11) is 2.38. The fourth-order valence-electron chi connectivity index (χ4n) is 9.83. The summed E-state index contributed by atoms with van der Waals surface area (Å²) in [6.07, 6.45) is 20.6. The minimum absolute atomic E-state index is 0. The third-order valence-electron chi connectivity index (χ3n) is 13.3. The van der Waals surface area contributed by atoms with Gasteiger partial charge in [0.2, 0.25) is 5.69 Å². The number of unbranched alkanes of at least 4 members (excludes halogenated alkanes) is 1. The summed E-state index contributed by atoms with van der Waals surface area (Å²) in [6.45, 7) is 18.4. The van der Waals surface area contributed by atoms with Gasteiger partial charge in [0.05, 0.1) is 29.2 Å². The van der Waals surface area contributed by atoms with E-state index in [1.807, 2.05) is 46.3 Å². The van der Waals surface area contributed by atoms with Crippen LogP contribution in [-0.2, 0) is 38.8 Å². The summed E-state index contributed by atoms with van der Waals surface area (Å²) in [4.78, 5) is 16.8. The molecule has 9 rings (SSSR count). The second-order valence-corrected chi connectivity index (χ2v) is 23.0. The zero-order valence-corrected chi connectivity index (χ0v) is 44.5. The van der Waals surface area contributed by atoms with Crippen molar-refractivity contribution in [1.82, 2.24) is 9.97 Å². The first-order chi connectivity index (χ1) is 30.1. The van der Waals surface area contributed by atoms with Gasteiger partial charge in [-0.1, -0.05) is 79.9 Å². The second kappa shape index (κ2) is 22.7. The van der Waals surface area contributed by atoms with Gasteiger partial charge in [-0.3, -0.25) is 15.0 Å². The molecule has 2 saturated carbocycles. The zero-order valence-electron chi connectivity index (χ0n) is 38.4. The van der Waals surface area contributed by atoms with E-state index < -0.39 is 16.5 Å². The molecule has 14 heteroatoms. The van der Waals surface area contributed by atoms with Crippen molar-refractivity contribution in [2.24, 2.45) is 26.0 Å². The molecule has 4 aromatic rings. The number of fused-ring (bicyclic) bond motifs is 6. The first-order valence-corrected chi connectivity index (χ1v) is 25.6. The quantitative estimate of drug-likeness (QED) is 0.124. The monoisotopic (exact) mass is 1120 g/mol. The Bertz CT molecular complexity index is 2390. The van der Waals surface area contributed by atoms with Crippen molar-refractivity contribution >= 4 is 82.7 Å². The minimum atomic E-state index is -1.24. The Kier molecular flexibility index (Phi) is 18.7. The van der Waals surface area contributed by atoms with Crippen LogP contribution in [0.1, 0.15) is 125 Å². The van der Waals surface area contributed by atoms with Crippen molar-refractivity contribution in [3.05, 3.63) is 138 Å². The molecule has 2 aromatic carbocycles. The smallest absolute Gasteiger partial charge is 0.383 e. The molecule has 2 atom stereocenters. The summed E-state index contributed by atoms with van der Waals surface area (Å²) in [6, 6.07) is 16.8. The molecule has 0 amide bonds. The van der Waals surface area contributed by atoms with Crippen LogP contribution in [0.5, 0.6) is 0 Å². The van der Waals surface area contributed by atoms with E-state index in [1.165, 1.54) is 34.2 Å². The third-order valence-corrected chi connectivity index (χ3v) is 16.5. The molecule has 0 saturated heterocycles. The standard InChI is InChI=1S/C21H22BrN3O.C19H26BrNO2S.C6H3IN2.C4H9.Li/c1-26-15-4-7-20(8-5-15)11-13-2-3-14(22)10-17(13)21(20)18-12-24-9-6-16(18)19(23)25-21;1-18(2,3)24(22)21-17-16-11-14(20)6-5-13(16)12-19(17)9-7-15(23-4)8-10-19;1-8-6-2-3-9-4-5(6)7;1-3-4-2;/h2-3,6,9-10,12,15H,4-5,7-8,11H2,1H3,(H2,23,25);5-6,11,15H,7-10,12H2,1-4H3;2-4H;1,3-4H2,2H3;/q;;;-1;+1. The van der Waals surface area contributed by atoms with Crippen LogP contribution in [0, 0.1) is 27.9 Å². The number of hydrogen-bond acceptors (Lipinski definition) is 7. The molecule has 336 valence electrons. The van der Waals surface area contributed by atoms with Crippen LogP contribution >= 0.6 is 54.5 Å². The van der Waals surface area contributed by atoms with Crippen LogP contribution in [0.25, 0.3) is 4.85 Å². The Morgan fingerprint density at radius 2 is 1.47 bits per heavy atom. The summed E-state index contributed by atoms with van der Waals surface area (Å²) in [5, 5.41) is 0. The summed E-state index contributed by atoms with van der Waals surface area (Å²) in [5.41, 5.74) is 15.2. The molecule has 4 aliphatic carbocycles. The van der Waals surface area contributed by atoms with E-state index >= 15 is 0 Å². The van der Waals surface area contributed by atoms with E-state index in [9.17, 15) is 4.21 Å². The predicted octanol–water partition coefficient (Wildman–Crippen LogP) is 9.63. The van der Waals surface area contributed by atoms with Crippen molar-refractivity contribution in [1.29, 1.82) is 0 Å². The Hall–Kier alpha value is -2.27. The van der Waals surface area contributed by atoms with Crippen LogP contribution in [0.2, 0.25) is 0 Å². The second-order valence-electron chi connectivity index (χ2n) is 18.1. The van der Waals surface area contributed by atoms with Gasteiger partial charge >= 0.3 is 18.9 Å². The van der Waals surface area contributed by atoms with Crippen LogP contribution in [0.3, 0.4) is 0 Å². The van der Waals surface area contributed by atoms with Gasteiger partial charge in [0.15, 0.2) is 0 Å². The van der Waals surface area contributed by atoms with Crippen molar-refractivity contribution in [2.45, 2.75) is 127 Å². The topological polar surface area (TPSA) is 116 Å². The number of nitrogens with two attached hydrogens (primary N) is 1. The van der Waals surface area contributed by atoms with E-state index in [2.05, 4.69) is 120 Å². The maximum Gasteiger partial charge on any atom is 1.00 e. The van der Waals surface area contributed by atoms with Gasteiger partial charge in [0, 0.05) is 79.0 Å². The SMILES string of the molecule is COC1CCC2(CC1)Cc1ccc(Br)cc1C21N=C(N)c2ccncc21.COC1CCC2(CC1)Cc1ccc(Br)cc1C2=NS(=O)C(C)(C)C.[C-]#[N+]c1ccncc1I.[CH2-]CCC.[Li+]. The fraction of sp³-hybridized carbons (Fsp3) is 0.480. The third kappa shape index (κ3) is 11.0. The van der Waals surface area contributed by atoms with Gasteiger partial charge in [0.25, 0.3) is 0 Å². The number of amidine groups is 1. The molecule has 3 heterocycles. The molecule has 5 aliphatic rings. The van der Waals surface area contributed by atoms with Crippen LogP contribution in [0.15, 0.2) is 91.7 Å². The number of hydrogen-bond donors (Lipinski definition) is 1. The molecule has 0 radical (unpaired) electrons. The molecule has 2 aromatic heterocycles. The summed E-state index contributed by atoms with van der Waals surface area (Å²) >= 11 is 9.33. The average molecular weight is 1120 g/mol. The van der Waals surface area contributed by atoms with Gasteiger partial charge in [0.1, 0.15) is 22.4 Å². The summed E-state index contributed by atoms with van der Waals surface area (Å²) in [5.74, 6) is 0.642. The maximum absolute atomic E-state index is 12.7. The molecule has 2 fully saturated rings. The number of aliphatic imine (C=N–C) groups is 1. The normalized spacial score (nSPS) is 25.8. The van der Waals surface area contributed by atoms with Crippen molar-refractivity contribution in [3.8, 4) is 0 Å². The number of halogens is 3. The number of pyridine rings is 2. The van der Waals surface area contributed by atoms with Crippen LogP contribution in [0.4, 0.5) is 5.69 Å². The van der Waals surface area contributed by atoms with E-state index in [-0.39, 0.29) is 34.4 Å². The number of aromatic nitrogens is 2. The Balaban J connectivity index is 0.000000187. The average Bonchev–Trinajstić information content (AvgIpc) is 3.85. The molecule has 9 nitrogen and oxygen atoms in total. The van der Waals surface area contributed by atoms with E-state index in [4.69, 9.17) is 31.2 Å². The molecule has 64 heavy (non-hydrogen) atoms. The van der Waals surface area contributed by atoms with Gasteiger partial charge < -0.3 is 22.1 Å². The number of nitrogens with zero attached hydrogens (tertiary/aromatic N) is 5.